The van der Waals surface area contributed by atoms with E-state index < -0.39 is 16.8 Å². The molecule has 0 spiro atoms. The van der Waals surface area contributed by atoms with E-state index in [0.29, 0.717) is 0 Å². The van der Waals surface area contributed by atoms with Gasteiger partial charge in [0, 0.05) is 24.5 Å². The Hall–Kier alpha value is -2.08. The van der Waals surface area contributed by atoms with Gasteiger partial charge in [0.15, 0.2) is 0 Å². The van der Waals surface area contributed by atoms with Gasteiger partial charge in [0.25, 0.3) is 0 Å². The molecule has 1 aromatic carbocycles. The summed E-state index contributed by atoms with van der Waals surface area (Å²) >= 11 is 5.54. The topological polar surface area (TPSA) is 42.0 Å². The Kier molecular flexibility index (Phi) is 5.26. The van der Waals surface area contributed by atoms with Crippen molar-refractivity contribution in [2.24, 2.45) is 0 Å². The molecule has 2 rings (SSSR count). The zero-order chi connectivity index (χ0) is 17.0. The quantitative estimate of drug-likeness (QED) is 0.859. The second kappa shape index (κ2) is 7.00. The number of hydrogen-bond acceptors (Lipinski definition) is 2. The minimum absolute atomic E-state index is 0.0603. The molecule has 7 heteroatoms. The van der Waals surface area contributed by atoms with E-state index in [1.807, 2.05) is 13.0 Å². The van der Waals surface area contributed by atoms with Gasteiger partial charge in [0.2, 0.25) is 5.91 Å². The van der Waals surface area contributed by atoms with Crippen molar-refractivity contribution in [2.75, 3.05) is 5.32 Å². The fourth-order valence-electron chi connectivity index (χ4n) is 2.10. The van der Waals surface area contributed by atoms with Gasteiger partial charge in [-0.05, 0) is 35.7 Å². The summed E-state index contributed by atoms with van der Waals surface area (Å²) in [5, 5.41) is 2.06. The molecular formula is C16H14ClF3N2O. The van der Waals surface area contributed by atoms with E-state index >= 15 is 0 Å². The third-order valence-electron chi connectivity index (χ3n) is 3.30. The van der Waals surface area contributed by atoms with E-state index in [4.69, 9.17) is 11.6 Å². The number of hydrogen-bond donors (Lipinski definition) is 1. The van der Waals surface area contributed by atoms with Crippen LogP contribution >= 0.6 is 11.6 Å². The lowest BCUT2D eigenvalue weighted by molar-refractivity contribution is -0.137. The lowest BCUT2D eigenvalue weighted by Gasteiger charge is -2.14. The fraction of sp³-hybridized carbons (Fsp3) is 0.250. The maximum absolute atomic E-state index is 12.8. The molecule has 1 aromatic heterocycles. The van der Waals surface area contributed by atoms with Gasteiger partial charge in [-0.25, -0.2) is 0 Å². The van der Waals surface area contributed by atoms with Crippen molar-refractivity contribution in [3.63, 3.8) is 0 Å². The molecule has 3 nitrogen and oxygen atoms in total. The molecule has 0 aliphatic heterocycles. The van der Waals surface area contributed by atoms with Crippen molar-refractivity contribution in [3.05, 3.63) is 58.9 Å². The molecule has 1 N–H and O–H groups in total. The first kappa shape index (κ1) is 17.3. The predicted octanol–water partition coefficient (Wildman–Crippen LogP) is 4.89. The summed E-state index contributed by atoms with van der Waals surface area (Å²) in [5.74, 6) is -0.477. The highest BCUT2D eigenvalue weighted by molar-refractivity contribution is 6.31. The van der Waals surface area contributed by atoms with Gasteiger partial charge < -0.3 is 5.32 Å². The van der Waals surface area contributed by atoms with Crippen molar-refractivity contribution >= 4 is 23.2 Å². The fourth-order valence-corrected chi connectivity index (χ4v) is 2.32. The molecular weight excluding hydrogens is 329 g/mol. The van der Waals surface area contributed by atoms with Crippen molar-refractivity contribution in [1.82, 2.24) is 4.98 Å². The maximum Gasteiger partial charge on any atom is 0.417 e. The summed E-state index contributed by atoms with van der Waals surface area (Å²) in [4.78, 5) is 16.0. The first-order valence-electron chi connectivity index (χ1n) is 6.84. The SMILES string of the molecule is CC(CC(=O)Nc1ccc(Cl)c(C(F)(F)F)c1)c1cccnc1. The molecule has 0 saturated heterocycles. The average Bonchev–Trinajstić information content (AvgIpc) is 2.49. The van der Waals surface area contributed by atoms with E-state index in [0.717, 1.165) is 17.7 Å². The van der Waals surface area contributed by atoms with E-state index in [-0.39, 0.29) is 23.9 Å². The van der Waals surface area contributed by atoms with Crippen LogP contribution in [0.2, 0.25) is 5.02 Å². The summed E-state index contributed by atoms with van der Waals surface area (Å²) in [6.45, 7) is 1.85. The Labute approximate surface area is 136 Å². The van der Waals surface area contributed by atoms with Crippen LogP contribution in [0.3, 0.4) is 0 Å². The number of alkyl halides is 3. The van der Waals surface area contributed by atoms with Gasteiger partial charge in [-0.3, -0.25) is 9.78 Å². The number of anilines is 1. The molecule has 0 radical (unpaired) electrons. The van der Waals surface area contributed by atoms with Crippen LogP contribution in [0.5, 0.6) is 0 Å². The number of nitrogens with one attached hydrogen (secondary N) is 1. The number of rotatable bonds is 4. The number of amides is 1. The molecule has 0 bridgehead atoms. The molecule has 0 fully saturated rings. The monoisotopic (exact) mass is 342 g/mol. The standard InChI is InChI=1S/C16H14ClF3N2O/c1-10(11-3-2-6-21-9-11)7-15(23)22-12-4-5-14(17)13(8-12)16(18,19)20/h2-6,8-10H,7H2,1H3,(H,22,23). The van der Waals surface area contributed by atoms with Crippen LogP contribution in [-0.2, 0) is 11.0 Å². The van der Waals surface area contributed by atoms with Crippen LogP contribution in [0.1, 0.15) is 30.4 Å². The highest BCUT2D eigenvalue weighted by Crippen LogP contribution is 2.36. The Morgan fingerprint density at radius 2 is 2.09 bits per heavy atom. The minimum atomic E-state index is -4.57. The molecule has 1 atom stereocenters. The van der Waals surface area contributed by atoms with Crippen molar-refractivity contribution < 1.29 is 18.0 Å². The third kappa shape index (κ3) is 4.69. The molecule has 0 saturated carbocycles. The predicted molar refractivity (Wildman–Crippen MR) is 82.4 cm³/mol. The van der Waals surface area contributed by atoms with Crippen LogP contribution in [-0.4, -0.2) is 10.9 Å². The largest absolute Gasteiger partial charge is 0.417 e. The summed E-state index contributed by atoms with van der Waals surface area (Å²) in [6, 6.07) is 6.89. The summed E-state index contributed by atoms with van der Waals surface area (Å²) < 4.78 is 38.4. The van der Waals surface area contributed by atoms with Crippen LogP contribution in [0.15, 0.2) is 42.7 Å². The summed E-state index contributed by atoms with van der Waals surface area (Å²) in [7, 11) is 0. The van der Waals surface area contributed by atoms with E-state index in [9.17, 15) is 18.0 Å². The third-order valence-corrected chi connectivity index (χ3v) is 3.63. The van der Waals surface area contributed by atoms with Crippen LogP contribution in [0.25, 0.3) is 0 Å². The number of carbonyl (C=O) groups excluding carboxylic acids is 1. The van der Waals surface area contributed by atoms with Gasteiger partial charge in [0.05, 0.1) is 10.6 Å². The average molecular weight is 343 g/mol. The molecule has 122 valence electrons. The molecule has 0 aliphatic rings. The Bertz CT molecular complexity index is 689. The molecule has 0 aliphatic carbocycles. The lowest BCUT2D eigenvalue weighted by Crippen LogP contribution is -2.15. The second-order valence-electron chi connectivity index (χ2n) is 5.13. The first-order chi connectivity index (χ1) is 10.8. The summed E-state index contributed by atoms with van der Waals surface area (Å²) in [5.41, 5.74) is -0.0304. The van der Waals surface area contributed by atoms with E-state index in [1.165, 1.54) is 6.07 Å². The Morgan fingerprint density at radius 3 is 2.70 bits per heavy atom. The van der Waals surface area contributed by atoms with Crippen molar-refractivity contribution in [2.45, 2.75) is 25.4 Å². The molecule has 1 amide bonds. The minimum Gasteiger partial charge on any atom is -0.326 e. The van der Waals surface area contributed by atoms with Crippen LogP contribution < -0.4 is 5.32 Å². The molecule has 1 heterocycles. The van der Waals surface area contributed by atoms with Crippen molar-refractivity contribution in [1.29, 1.82) is 0 Å². The van der Waals surface area contributed by atoms with Gasteiger partial charge in [-0.15, -0.1) is 0 Å². The van der Waals surface area contributed by atoms with E-state index in [1.54, 1.807) is 18.5 Å². The van der Waals surface area contributed by atoms with Gasteiger partial charge >= 0.3 is 6.18 Å². The zero-order valence-corrected chi connectivity index (χ0v) is 12.9. The second-order valence-corrected chi connectivity index (χ2v) is 5.54. The molecule has 1 unspecified atom stereocenters. The number of carbonyl (C=O) groups is 1. The lowest BCUT2D eigenvalue weighted by atomic mass is 9.99. The maximum atomic E-state index is 12.8. The number of pyridine rings is 1. The highest BCUT2D eigenvalue weighted by Gasteiger charge is 2.33. The number of benzene rings is 1. The normalized spacial score (nSPS) is 12.7. The molecule has 2 aromatic rings. The van der Waals surface area contributed by atoms with Crippen molar-refractivity contribution in [3.8, 4) is 0 Å². The van der Waals surface area contributed by atoms with Gasteiger partial charge in [-0.1, -0.05) is 24.6 Å². The Morgan fingerprint density at radius 1 is 1.35 bits per heavy atom. The summed E-state index contributed by atoms with van der Waals surface area (Å²) in [6.07, 6.45) is -1.15. The smallest absolute Gasteiger partial charge is 0.326 e. The van der Waals surface area contributed by atoms with Crippen LogP contribution in [0, 0.1) is 0 Å². The van der Waals surface area contributed by atoms with E-state index in [2.05, 4.69) is 10.3 Å². The zero-order valence-electron chi connectivity index (χ0n) is 12.2. The number of aromatic nitrogens is 1. The number of nitrogens with zero attached hydrogens (tertiary/aromatic N) is 1. The molecule has 23 heavy (non-hydrogen) atoms. The van der Waals surface area contributed by atoms with Crippen LogP contribution in [0.4, 0.5) is 18.9 Å². The Balaban J connectivity index is 2.06. The van der Waals surface area contributed by atoms with Gasteiger partial charge in [-0.2, -0.15) is 13.2 Å². The van der Waals surface area contributed by atoms with Gasteiger partial charge in [0.1, 0.15) is 0 Å². The first-order valence-corrected chi connectivity index (χ1v) is 7.21. The number of halogens is 4. The highest BCUT2D eigenvalue weighted by atomic mass is 35.5.